The van der Waals surface area contributed by atoms with E-state index in [9.17, 15) is 5.11 Å². The van der Waals surface area contributed by atoms with E-state index >= 15 is 0 Å². The first-order chi connectivity index (χ1) is 9.60. The van der Waals surface area contributed by atoms with Crippen molar-refractivity contribution in [3.05, 3.63) is 48.0 Å². The van der Waals surface area contributed by atoms with Gasteiger partial charge in [0.05, 0.1) is 18.8 Å². The number of hydrogen-bond donors (Lipinski definition) is 3. The predicted octanol–water partition coefficient (Wildman–Crippen LogP) is 2.51. The van der Waals surface area contributed by atoms with E-state index in [1.165, 1.54) is 0 Å². The molecular weight excluding hydrogens is 254 g/mol. The number of nitrogens with two attached hydrogens (primary N) is 2. The molecule has 2 aromatic rings. The van der Waals surface area contributed by atoms with Crippen LogP contribution in [0.3, 0.4) is 0 Å². The maximum Gasteiger partial charge on any atom is 0.115 e. The summed E-state index contributed by atoms with van der Waals surface area (Å²) >= 11 is 0. The summed E-state index contributed by atoms with van der Waals surface area (Å²) in [7, 11) is 0. The second kappa shape index (κ2) is 6.16. The molecule has 0 aliphatic rings. The molecule has 0 spiro atoms. The third-order valence-corrected chi connectivity index (χ3v) is 2.90. The molecule has 0 saturated carbocycles. The second-order valence-electron chi connectivity index (χ2n) is 4.43. The molecule has 5 nitrogen and oxygen atoms in total. The largest absolute Gasteiger partial charge is 0.508 e. The van der Waals surface area contributed by atoms with Gasteiger partial charge >= 0.3 is 0 Å². The van der Waals surface area contributed by atoms with Crippen LogP contribution in [-0.4, -0.2) is 11.7 Å². The second-order valence-corrected chi connectivity index (χ2v) is 4.43. The molecule has 106 valence electrons. The van der Waals surface area contributed by atoms with Crippen LogP contribution in [0.5, 0.6) is 5.75 Å². The molecule has 5 N–H and O–H groups in total. The van der Waals surface area contributed by atoms with Crippen molar-refractivity contribution < 1.29 is 9.94 Å². The number of anilines is 3. The van der Waals surface area contributed by atoms with E-state index in [-0.39, 0.29) is 5.75 Å². The van der Waals surface area contributed by atoms with Crippen LogP contribution in [0.1, 0.15) is 12.5 Å². The van der Waals surface area contributed by atoms with Gasteiger partial charge in [-0.25, -0.2) is 5.06 Å². The Morgan fingerprint density at radius 3 is 2.45 bits per heavy atom. The van der Waals surface area contributed by atoms with Gasteiger partial charge in [0.25, 0.3) is 0 Å². The van der Waals surface area contributed by atoms with Crippen LogP contribution < -0.4 is 16.5 Å². The lowest BCUT2D eigenvalue weighted by Crippen LogP contribution is -2.23. The molecule has 2 aromatic carbocycles. The number of hydrogen-bond acceptors (Lipinski definition) is 5. The van der Waals surface area contributed by atoms with E-state index < -0.39 is 0 Å². The first kappa shape index (κ1) is 14.0. The Kier molecular flexibility index (Phi) is 4.32. The first-order valence-corrected chi connectivity index (χ1v) is 6.43. The van der Waals surface area contributed by atoms with Gasteiger partial charge in [0.15, 0.2) is 0 Å². The van der Waals surface area contributed by atoms with E-state index in [4.69, 9.17) is 16.3 Å². The van der Waals surface area contributed by atoms with E-state index in [2.05, 4.69) is 0 Å². The van der Waals surface area contributed by atoms with Crippen molar-refractivity contribution >= 4 is 17.1 Å². The van der Waals surface area contributed by atoms with E-state index in [0.29, 0.717) is 24.5 Å². The number of aromatic hydroxyl groups is 1. The van der Waals surface area contributed by atoms with Gasteiger partial charge in [-0.05, 0) is 55.0 Å². The number of benzene rings is 2. The van der Waals surface area contributed by atoms with Crippen LogP contribution in [-0.2, 0) is 11.4 Å². The molecule has 0 atom stereocenters. The molecule has 0 aromatic heterocycles. The highest BCUT2D eigenvalue weighted by atomic mass is 16.7. The molecule has 0 unspecified atom stereocenters. The molecule has 0 bridgehead atoms. The first-order valence-electron chi connectivity index (χ1n) is 6.43. The molecule has 0 fully saturated rings. The van der Waals surface area contributed by atoms with Crippen molar-refractivity contribution in [3.63, 3.8) is 0 Å². The molecule has 5 heteroatoms. The van der Waals surface area contributed by atoms with Crippen LogP contribution in [0, 0.1) is 0 Å². The Labute approximate surface area is 118 Å². The number of hydroxylamine groups is 1. The van der Waals surface area contributed by atoms with Crippen LogP contribution in [0.2, 0.25) is 0 Å². The summed E-state index contributed by atoms with van der Waals surface area (Å²) in [5.41, 5.74) is 14.8. The summed E-state index contributed by atoms with van der Waals surface area (Å²) in [5.74, 6) is 0.216. The van der Waals surface area contributed by atoms with Gasteiger partial charge in [-0.3, -0.25) is 4.84 Å². The van der Waals surface area contributed by atoms with E-state index in [1.807, 2.05) is 13.0 Å². The molecule has 0 amide bonds. The highest BCUT2D eigenvalue weighted by molar-refractivity contribution is 5.57. The topological polar surface area (TPSA) is 84.7 Å². The third kappa shape index (κ3) is 3.33. The Bertz CT molecular complexity index is 570. The van der Waals surface area contributed by atoms with Crippen molar-refractivity contribution in [2.75, 3.05) is 23.1 Å². The van der Waals surface area contributed by atoms with Crippen molar-refractivity contribution in [1.29, 1.82) is 0 Å². The van der Waals surface area contributed by atoms with Gasteiger partial charge in [-0.2, -0.15) is 0 Å². The lowest BCUT2D eigenvalue weighted by Gasteiger charge is -2.24. The number of phenolic OH excluding ortho intramolecular Hbond substituents is 1. The fourth-order valence-corrected chi connectivity index (χ4v) is 1.90. The highest BCUT2D eigenvalue weighted by Crippen LogP contribution is 2.24. The van der Waals surface area contributed by atoms with Gasteiger partial charge in [0.1, 0.15) is 5.75 Å². The Morgan fingerprint density at radius 1 is 1.10 bits per heavy atom. The molecule has 0 aliphatic carbocycles. The lowest BCUT2D eigenvalue weighted by molar-refractivity contribution is 0.116. The molecule has 0 aliphatic heterocycles. The zero-order chi connectivity index (χ0) is 14.5. The SMILES string of the molecule is CCON(Cc1cc(N)ccc1N)c1ccc(O)cc1. The lowest BCUT2D eigenvalue weighted by atomic mass is 10.1. The quantitative estimate of drug-likeness (QED) is 0.576. The van der Waals surface area contributed by atoms with E-state index in [1.54, 1.807) is 41.5 Å². The van der Waals surface area contributed by atoms with Crippen LogP contribution in [0.15, 0.2) is 42.5 Å². The maximum atomic E-state index is 9.34. The Hall–Kier alpha value is -2.40. The molecule has 2 rings (SSSR count). The standard InChI is InChI=1S/C15H19N3O2/c1-2-20-18(13-4-6-14(19)7-5-13)10-11-9-12(16)3-8-15(11)17/h3-9,19H,2,10,16-17H2,1H3. The molecule has 0 radical (unpaired) electrons. The Balaban J connectivity index is 2.25. The number of rotatable bonds is 5. The average Bonchev–Trinajstić information content (AvgIpc) is 2.43. The molecule has 0 heterocycles. The zero-order valence-corrected chi connectivity index (χ0v) is 11.4. The summed E-state index contributed by atoms with van der Waals surface area (Å²) in [6.07, 6.45) is 0. The van der Waals surface area contributed by atoms with Gasteiger partial charge in [0.2, 0.25) is 0 Å². The summed E-state index contributed by atoms with van der Waals surface area (Å²) in [6, 6.07) is 12.2. The van der Waals surface area contributed by atoms with E-state index in [0.717, 1.165) is 11.3 Å². The van der Waals surface area contributed by atoms with Gasteiger partial charge in [-0.15, -0.1) is 0 Å². The van der Waals surface area contributed by atoms with Crippen molar-refractivity contribution in [2.24, 2.45) is 0 Å². The molecule has 0 saturated heterocycles. The minimum atomic E-state index is 0.216. The van der Waals surface area contributed by atoms with Crippen LogP contribution in [0.4, 0.5) is 17.1 Å². The van der Waals surface area contributed by atoms with Crippen molar-refractivity contribution in [3.8, 4) is 5.75 Å². The van der Waals surface area contributed by atoms with Crippen molar-refractivity contribution in [2.45, 2.75) is 13.5 Å². The number of nitrogens with zero attached hydrogens (tertiary/aromatic N) is 1. The maximum absolute atomic E-state index is 9.34. The van der Waals surface area contributed by atoms with Crippen LogP contribution in [0.25, 0.3) is 0 Å². The monoisotopic (exact) mass is 273 g/mol. The van der Waals surface area contributed by atoms with Crippen molar-refractivity contribution in [1.82, 2.24) is 0 Å². The van der Waals surface area contributed by atoms with Gasteiger partial charge < -0.3 is 16.6 Å². The zero-order valence-electron chi connectivity index (χ0n) is 11.4. The summed E-state index contributed by atoms with van der Waals surface area (Å²) < 4.78 is 0. The Morgan fingerprint density at radius 2 is 1.80 bits per heavy atom. The van der Waals surface area contributed by atoms with Gasteiger partial charge in [-0.1, -0.05) is 0 Å². The summed E-state index contributed by atoms with van der Waals surface area (Å²) in [6.45, 7) is 2.93. The summed E-state index contributed by atoms with van der Waals surface area (Å²) in [4.78, 5) is 5.62. The summed E-state index contributed by atoms with van der Waals surface area (Å²) in [5, 5.41) is 11.1. The minimum Gasteiger partial charge on any atom is -0.508 e. The predicted molar refractivity (Wildman–Crippen MR) is 81.2 cm³/mol. The number of phenols is 1. The normalized spacial score (nSPS) is 10.4. The molecular formula is C15H19N3O2. The fourth-order valence-electron chi connectivity index (χ4n) is 1.90. The highest BCUT2D eigenvalue weighted by Gasteiger charge is 2.10. The third-order valence-electron chi connectivity index (χ3n) is 2.90. The fraction of sp³-hybridized carbons (Fsp3) is 0.200. The number of nitrogen functional groups attached to an aromatic ring is 2. The van der Waals surface area contributed by atoms with Gasteiger partial charge in [0, 0.05) is 11.4 Å². The van der Waals surface area contributed by atoms with Crippen LogP contribution >= 0.6 is 0 Å². The molecule has 20 heavy (non-hydrogen) atoms. The smallest absolute Gasteiger partial charge is 0.115 e. The minimum absolute atomic E-state index is 0.216. The average molecular weight is 273 g/mol.